The Balaban J connectivity index is 1.91. The molecule has 0 radical (unpaired) electrons. The van der Waals surface area contributed by atoms with Gasteiger partial charge in [0.05, 0.1) is 12.2 Å². The third-order valence-electron chi connectivity index (χ3n) is 4.03. The summed E-state index contributed by atoms with van der Waals surface area (Å²) in [6.45, 7) is 6.82. The van der Waals surface area contributed by atoms with Gasteiger partial charge < -0.3 is 5.32 Å². The number of halogens is 1. The first kappa shape index (κ1) is 17.5. The van der Waals surface area contributed by atoms with Crippen LogP contribution in [-0.2, 0) is 0 Å². The van der Waals surface area contributed by atoms with Gasteiger partial charge in [-0.15, -0.1) is 0 Å². The molecule has 0 bridgehead atoms. The van der Waals surface area contributed by atoms with E-state index < -0.39 is 0 Å². The topological polar surface area (TPSA) is 44.7 Å². The normalized spacial score (nSPS) is 16.5. The van der Waals surface area contributed by atoms with Crippen molar-refractivity contribution < 1.29 is 9.18 Å². The van der Waals surface area contributed by atoms with Crippen LogP contribution in [0.15, 0.2) is 47.5 Å². The second-order valence-corrected chi connectivity index (χ2v) is 7.50. The van der Waals surface area contributed by atoms with E-state index in [0.717, 1.165) is 16.8 Å². The van der Waals surface area contributed by atoms with Gasteiger partial charge in [0.25, 0.3) is 0 Å². The lowest BCUT2D eigenvalue weighted by atomic mass is 10.1. The van der Waals surface area contributed by atoms with Crippen molar-refractivity contribution in [3.8, 4) is 0 Å². The number of anilines is 2. The van der Waals surface area contributed by atoms with Crippen LogP contribution in [0.5, 0.6) is 0 Å². The van der Waals surface area contributed by atoms with Crippen molar-refractivity contribution in [2.75, 3.05) is 16.8 Å². The van der Waals surface area contributed by atoms with Gasteiger partial charge in [-0.3, -0.25) is 4.99 Å². The number of benzene rings is 2. The van der Waals surface area contributed by atoms with Crippen LogP contribution in [-0.4, -0.2) is 23.0 Å². The number of amidine groups is 1. The Morgan fingerprint density at radius 3 is 2.52 bits per heavy atom. The summed E-state index contributed by atoms with van der Waals surface area (Å²) < 4.78 is 13.1. The minimum Gasteiger partial charge on any atom is -0.307 e. The van der Waals surface area contributed by atoms with Gasteiger partial charge in [-0.25, -0.2) is 14.1 Å². The van der Waals surface area contributed by atoms with E-state index >= 15 is 0 Å². The minimum absolute atomic E-state index is 0.310. The molecule has 130 valence electrons. The van der Waals surface area contributed by atoms with E-state index in [1.54, 1.807) is 16.7 Å². The van der Waals surface area contributed by atoms with Crippen LogP contribution in [0.25, 0.3) is 0 Å². The summed E-state index contributed by atoms with van der Waals surface area (Å²) in [5, 5.41) is 3.83. The summed E-state index contributed by atoms with van der Waals surface area (Å²) in [6, 6.07) is 11.3. The van der Waals surface area contributed by atoms with Crippen molar-refractivity contribution in [2.24, 2.45) is 4.99 Å². The van der Waals surface area contributed by atoms with Crippen LogP contribution in [0.2, 0.25) is 0 Å². The van der Waals surface area contributed by atoms with E-state index in [9.17, 15) is 9.18 Å². The summed E-state index contributed by atoms with van der Waals surface area (Å²) in [5.74, 6) is -0.339. The number of nitrogens with one attached hydrogen (secondary N) is 1. The number of aryl methyl sites for hydroxylation is 2. The highest BCUT2D eigenvalue weighted by molar-refractivity contribution is 8.15. The Kier molecular flexibility index (Phi) is 5.08. The number of urea groups is 1. The molecule has 1 unspecified atom stereocenters. The van der Waals surface area contributed by atoms with Crippen molar-refractivity contribution in [3.63, 3.8) is 0 Å². The zero-order valence-electron chi connectivity index (χ0n) is 14.4. The van der Waals surface area contributed by atoms with E-state index in [2.05, 4.69) is 17.2 Å². The molecule has 2 amide bonds. The Labute approximate surface area is 151 Å². The molecule has 1 aliphatic heterocycles. The number of nitrogens with zero attached hydrogens (tertiary/aromatic N) is 2. The maximum absolute atomic E-state index is 13.1. The van der Waals surface area contributed by atoms with Crippen LogP contribution < -0.4 is 10.2 Å². The molecule has 1 aliphatic rings. The molecule has 4 nitrogen and oxygen atoms in total. The molecule has 1 heterocycles. The van der Waals surface area contributed by atoms with Gasteiger partial charge >= 0.3 is 6.03 Å². The summed E-state index contributed by atoms with van der Waals surface area (Å²) in [6.07, 6.45) is 0. The highest BCUT2D eigenvalue weighted by atomic mass is 32.2. The Bertz CT molecular complexity index is 820. The van der Waals surface area contributed by atoms with Crippen molar-refractivity contribution >= 4 is 34.3 Å². The van der Waals surface area contributed by atoms with E-state index in [1.807, 2.05) is 32.0 Å². The van der Waals surface area contributed by atoms with Crippen molar-refractivity contribution in [1.29, 1.82) is 0 Å². The number of carbonyl (C=O) groups is 1. The fraction of sp³-hybridized carbons (Fsp3) is 0.263. The fourth-order valence-electron chi connectivity index (χ4n) is 2.48. The molecule has 0 aromatic heterocycles. The highest BCUT2D eigenvalue weighted by Crippen LogP contribution is 2.29. The average Bonchev–Trinajstić information content (AvgIpc) is 2.99. The lowest BCUT2D eigenvalue weighted by Gasteiger charge is -2.23. The smallest absolute Gasteiger partial charge is 0.307 e. The number of amides is 2. The molecule has 6 heteroatoms. The summed E-state index contributed by atoms with van der Waals surface area (Å²) >= 11 is 1.57. The Hall–Kier alpha value is -2.34. The predicted octanol–water partition coefficient (Wildman–Crippen LogP) is 4.97. The van der Waals surface area contributed by atoms with Gasteiger partial charge in [-0.05, 0) is 61.4 Å². The molecule has 0 fully saturated rings. The molecule has 0 saturated heterocycles. The van der Waals surface area contributed by atoms with E-state index in [1.165, 1.54) is 24.3 Å². The Morgan fingerprint density at radius 2 is 1.92 bits per heavy atom. The number of thioether (sulfide) groups is 1. The molecule has 25 heavy (non-hydrogen) atoms. The molecule has 1 atom stereocenters. The number of carbonyl (C=O) groups excluding carboxylic acids is 1. The monoisotopic (exact) mass is 357 g/mol. The van der Waals surface area contributed by atoms with Gasteiger partial charge in [0.15, 0.2) is 5.17 Å². The zero-order chi connectivity index (χ0) is 18.0. The third kappa shape index (κ3) is 4.02. The molecule has 0 spiro atoms. The highest BCUT2D eigenvalue weighted by Gasteiger charge is 2.27. The molecule has 1 N–H and O–H groups in total. The quantitative estimate of drug-likeness (QED) is 0.824. The zero-order valence-corrected chi connectivity index (χ0v) is 15.2. The van der Waals surface area contributed by atoms with Gasteiger partial charge in [0.2, 0.25) is 0 Å². The van der Waals surface area contributed by atoms with Crippen LogP contribution >= 0.6 is 11.8 Å². The van der Waals surface area contributed by atoms with Gasteiger partial charge in [-0.1, -0.05) is 24.8 Å². The maximum Gasteiger partial charge on any atom is 0.332 e. The second-order valence-electron chi connectivity index (χ2n) is 6.09. The van der Waals surface area contributed by atoms with E-state index in [0.29, 0.717) is 22.6 Å². The minimum atomic E-state index is -0.339. The van der Waals surface area contributed by atoms with Crippen molar-refractivity contribution in [1.82, 2.24) is 0 Å². The first-order valence-corrected chi connectivity index (χ1v) is 8.97. The van der Waals surface area contributed by atoms with Crippen LogP contribution in [0.1, 0.15) is 18.1 Å². The predicted molar refractivity (Wildman–Crippen MR) is 103 cm³/mol. The molecule has 3 rings (SSSR count). The number of aliphatic imine (C=N–C) groups is 1. The molecule has 0 aliphatic carbocycles. The number of rotatable bonds is 2. The first-order valence-electron chi connectivity index (χ1n) is 8.09. The van der Waals surface area contributed by atoms with E-state index in [-0.39, 0.29) is 11.8 Å². The number of hydrogen-bond acceptors (Lipinski definition) is 3. The van der Waals surface area contributed by atoms with Gasteiger partial charge in [0.1, 0.15) is 5.82 Å². The van der Waals surface area contributed by atoms with Crippen LogP contribution in [0, 0.1) is 19.7 Å². The first-order chi connectivity index (χ1) is 11.9. The lowest BCUT2D eigenvalue weighted by Crippen LogP contribution is -2.38. The van der Waals surface area contributed by atoms with Gasteiger partial charge in [-0.2, -0.15) is 0 Å². The van der Waals surface area contributed by atoms with Crippen molar-refractivity contribution in [2.45, 2.75) is 26.0 Å². The molecule has 2 aromatic carbocycles. The fourth-order valence-corrected chi connectivity index (χ4v) is 3.43. The summed E-state index contributed by atoms with van der Waals surface area (Å²) in [7, 11) is 0. The standard InChI is InChI=1S/C19H20FN3OS/c1-12-4-9-17(10-13(12)2)23(19-21-11-14(3)25-19)18(24)22-16-7-5-15(20)6-8-16/h4-10,14H,11H2,1-3H3,(H,22,24). The Morgan fingerprint density at radius 1 is 1.20 bits per heavy atom. The van der Waals surface area contributed by atoms with Crippen molar-refractivity contribution in [3.05, 3.63) is 59.4 Å². The average molecular weight is 357 g/mol. The maximum atomic E-state index is 13.1. The third-order valence-corrected chi connectivity index (χ3v) is 5.10. The van der Waals surface area contributed by atoms with Crippen LogP contribution in [0.3, 0.4) is 0 Å². The van der Waals surface area contributed by atoms with E-state index in [4.69, 9.17) is 0 Å². The largest absolute Gasteiger partial charge is 0.332 e. The number of hydrogen-bond donors (Lipinski definition) is 1. The summed E-state index contributed by atoms with van der Waals surface area (Å²) in [4.78, 5) is 19.0. The SMILES string of the molecule is Cc1ccc(N(C(=O)Nc2ccc(F)cc2)C2=NCC(C)S2)cc1C. The summed E-state index contributed by atoms with van der Waals surface area (Å²) in [5.41, 5.74) is 3.57. The van der Waals surface area contributed by atoms with Crippen LogP contribution in [0.4, 0.5) is 20.6 Å². The second kappa shape index (κ2) is 7.27. The molecular weight excluding hydrogens is 337 g/mol. The van der Waals surface area contributed by atoms with Gasteiger partial charge in [0, 0.05) is 10.9 Å². The lowest BCUT2D eigenvalue weighted by molar-refractivity contribution is 0.259. The molecule has 2 aromatic rings. The molecule has 0 saturated carbocycles. The molecular formula is C19H20FN3OS.